The van der Waals surface area contributed by atoms with Gasteiger partial charge in [-0.1, -0.05) is 0 Å². The zero-order valence-corrected chi connectivity index (χ0v) is 7.01. The first-order valence-electron chi connectivity index (χ1n) is 4.16. The van der Waals surface area contributed by atoms with Crippen molar-refractivity contribution in [2.75, 3.05) is 13.1 Å². The molecule has 1 aliphatic heterocycles. The summed E-state index contributed by atoms with van der Waals surface area (Å²) in [6.45, 7) is 1.80. The second-order valence-corrected chi connectivity index (χ2v) is 3.08. The van der Waals surface area contributed by atoms with Gasteiger partial charge in [-0.2, -0.15) is 5.10 Å². The van der Waals surface area contributed by atoms with Gasteiger partial charge in [0.2, 0.25) is 0 Å². The van der Waals surface area contributed by atoms with E-state index in [1.807, 2.05) is 0 Å². The minimum absolute atomic E-state index is 0.0619. The van der Waals surface area contributed by atoms with Crippen LogP contribution in [0.15, 0.2) is 12.4 Å². The highest BCUT2D eigenvalue weighted by Crippen LogP contribution is 2.17. The van der Waals surface area contributed by atoms with Crippen LogP contribution in [0.1, 0.15) is 12.5 Å². The van der Waals surface area contributed by atoms with Crippen molar-refractivity contribution < 1.29 is 4.92 Å². The first kappa shape index (κ1) is 8.18. The molecule has 1 atom stereocenters. The molecule has 1 aliphatic rings. The second kappa shape index (κ2) is 3.14. The fraction of sp³-hybridized carbons (Fsp3) is 0.571. The van der Waals surface area contributed by atoms with Gasteiger partial charge in [0.1, 0.15) is 12.4 Å². The van der Waals surface area contributed by atoms with E-state index in [1.54, 1.807) is 4.68 Å². The van der Waals surface area contributed by atoms with Crippen molar-refractivity contribution in [2.45, 2.75) is 12.5 Å². The molecule has 0 radical (unpaired) electrons. The number of aromatic nitrogens is 2. The van der Waals surface area contributed by atoms with Crippen LogP contribution in [0.25, 0.3) is 0 Å². The molecule has 0 unspecified atom stereocenters. The van der Waals surface area contributed by atoms with Gasteiger partial charge in [0, 0.05) is 6.54 Å². The van der Waals surface area contributed by atoms with E-state index in [-0.39, 0.29) is 11.7 Å². The highest BCUT2D eigenvalue weighted by molar-refractivity contribution is 5.21. The summed E-state index contributed by atoms with van der Waals surface area (Å²) in [6, 6.07) is 0.272. The van der Waals surface area contributed by atoms with Crippen molar-refractivity contribution in [3.63, 3.8) is 0 Å². The van der Waals surface area contributed by atoms with E-state index in [2.05, 4.69) is 10.4 Å². The van der Waals surface area contributed by atoms with E-state index in [9.17, 15) is 10.1 Å². The van der Waals surface area contributed by atoms with Gasteiger partial charge < -0.3 is 5.32 Å². The van der Waals surface area contributed by atoms with Crippen LogP contribution in [0.4, 0.5) is 5.69 Å². The Bertz CT molecular complexity index is 316. The Morgan fingerprint density at radius 1 is 1.77 bits per heavy atom. The molecule has 1 aromatic heterocycles. The molecule has 6 heteroatoms. The zero-order valence-electron chi connectivity index (χ0n) is 7.01. The van der Waals surface area contributed by atoms with Gasteiger partial charge in [-0.3, -0.25) is 14.8 Å². The fourth-order valence-electron chi connectivity index (χ4n) is 1.49. The number of hydrogen-bond acceptors (Lipinski definition) is 4. The summed E-state index contributed by atoms with van der Waals surface area (Å²) in [5.74, 6) is 0. The summed E-state index contributed by atoms with van der Waals surface area (Å²) >= 11 is 0. The van der Waals surface area contributed by atoms with Crippen molar-refractivity contribution in [2.24, 2.45) is 0 Å². The molecule has 1 fully saturated rings. The summed E-state index contributed by atoms with van der Waals surface area (Å²) in [6.07, 6.45) is 3.76. The molecule has 2 heterocycles. The highest BCUT2D eigenvalue weighted by atomic mass is 16.6. The number of nitrogens with one attached hydrogen (secondary N) is 1. The van der Waals surface area contributed by atoms with Gasteiger partial charge in [-0.05, 0) is 13.0 Å². The lowest BCUT2D eigenvalue weighted by molar-refractivity contribution is -0.385. The molecule has 1 N–H and O–H groups in total. The predicted octanol–water partition coefficient (Wildman–Crippen LogP) is 0.326. The van der Waals surface area contributed by atoms with Gasteiger partial charge in [0.05, 0.1) is 11.0 Å². The van der Waals surface area contributed by atoms with Crippen molar-refractivity contribution in [3.8, 4) is 0 Å². The van der Waals surface area contributed by atoms with Crippen molar-refractivity contribution in [1.29, 1.82) is 0 Å². The van der Waals surface area contributed by atoms with Gasteiger partial charge in [0.25, 0.3) is 0 Å². The van der Waals surface area contributed by atoms with Gasteiger partial charge >= 0.3 is 5.69 Å². The number of nitro groups is 1. The van der Waals surface area contributed by atoms with Crippen molar-refractivity contribution >= 4 is 5.69 Å². The smallest absolute Gasteiger partial charge is 0.307 e. The summed E-state index contributed by atoms with van der Waals surface area (Å²) in [5.41, 5.74) is 0.0619. The SMILES string of the molecule is O=[N+]([O-])c1cnn([C@@H]2CCNC2)c1. The maximum atomic E-state index is 10.4. The minimum Gasteiger partial charge on any atom is -0.315 e. The van der Waals surface area contributed by atoms with E-state index in [0.717, 1.165) is 19.5 Å². The molecule has 70 valence electrons. The molecule has 0 saturated carbocycles. The van der Waals surface area contributed by atoms with Gasteiger partial charge in [-0.25, -0.2) is 0 Å². The third-order valence-electron chi connectivity index (χ3n) is 2.21. The van der Waals surface area contributed by atoms with Crippen molar-refractivity contribution in [3.05, 3.63) is 22.5 Å². The van der Waals surface area contributed by atoms with Crippen LogP contribution >= 0.6 is 0 Å². The Labute approximate surface area is 74.7 Å². The molecule has 6 nitrogen and oxygen atoms in total. The van der Waals surface area contributed by atoms with Gasteiger partial charge in [-0.15, -0.1) is 0 Å². The standard InChI is InChI=1S/C7H10N4O2/c12-11(13)7-4-9-10(5-7)6-1-2-8-3-6/h4-6,8H,1-3H2/t6-/m1/s1. The largest absolute Gasteiger partial charge is 0.315 e. The Hall–Kier alpha value is -1.43. The lowest BCUT2D eigenvalue weighted by atomic mass is 10.3. The van der Waals surface area contributed by atoms with E-state index in [1.165, 1.54) is 12.4 Å². The molecule has 0 aromatic carbocycles. The average molecular weight is 182 g/mol. The summed E-state index contributed by atoms with van der Waals surface area (Å²) in [7, 11) is 0. The number of nitrogens with zero attached hydrogens (tertiary/aromatic N) is 3. The monoisotopic (exact) mass is 182 g/mol. The Morgan fingerprint density at radius 2 is 2.62 bits per heavy atom. The first-order chi connectivity index (χ1) is 6.27. The Balaban J connectivity index is 2.16. The molecule has 1 saturated heterocycles. The maximum absolute atomic E-state index is 10.4. The van der Waals surface area contributed by atoms with E-state index >= 15 is 0 Å². The van der Waals surface area contributed by atoms with Crippen LogP contribution in [0.5, 0.6) is 0 Å². The van der Waals surface area contributed by atoms with E-state index < -0.39 is 4.92 Å². The second-order valence-electron chi connectivity index (χ2n) is 3.08. The highest BCUT2D eigenvalue weighted by Gasteiger charge is 2.19. The molecule has 13 heavy (non-hydrogen) atoms. The zero-order chi connectivity index (χ0) is 9.26. The van der Waals surface area contributed by atoms with Crippen LogP contribution in [0.3, 0.4) is 0 Å². The number of hydrogen-bond donors (Lipinski definition) is 1. The van der Waals surface area contributed by atoms with Gasteiger partial charge in [0.15, 0.2) is 0 Å². The topological polar surface area (TPSA) is 73.0 Å². The summed E-state index contributed by atoms with van der Waals surface area (Å²) < 4.78 is 1.66. The third-order valence-corrected chi connectivity index (χ3v) is 2.21. The lowest BCUT2D eigenvalue weighted by Crippen LogP contribution is -2.13. The molecule has 1 aromatic rings. The predicted molar refractivity (Wildman–Crippen MR) is 45.4 cm³/mol. The summed E-state index contributed by atoms with van der Waals surface area (Å²) in [5, 5.41) is 17.5. The van der Waals surface area contributed by atoms with Crippen molar-refractivity contribution in [1.82, 2.24) is 15.1 Å². The fourth-order valence-corrected chi connectivity index (χ4v) is 1.49. The minimum atomic E-state index is -0.425. The van der Waals surface area contributed by atoms with Crippen LogP contribution in [0, 0.1) is 10.1 Å². The maximum Gasteiger partial charge on any atom is 0.307 e. The molecule has 0 spiro atoms. The van der Waals surface area contributed by atoms with E-state index in [0.29, 0.717) is 0 Å². The van der Waals surface area contributed by atoms with Crippen LogP contribution in [-0.4, -0.2) is 27.8 Å². The molecular weight excluding hydrogens is 172 g/mol. The molecular formula is C7H10N4O2. The Morgan fingerprint density at radius 3 is 3.15 bits per heavy atom. The van der Waals surface area contributed by atoms with E-state index in [4.69, 9.17) is 0 Å². The number of rotatable bonds is 2. The third kappa shape index (κ3) is 1.52. The lowest BCUT2D eigenvalue weighted by Gasteiger charge is -2.06. The quantitative estimate of drug-likeness (QED) is 0.528. The Kier molecular flexibility index (Phi) is 1.97. The van der Waals surface area contributed by atoms with Crippen LogP contribution in [0.2, 0.25) is 0 Å². The molecule has 0 aliphatic carbocycles. The molecule has 0 bridgehead atoms. The summed E-state index contributed by atoms with van der Waals surface area (Å²) in [4.78, 5) is 9.94. The molecule has 2 rings (SSSR count). The average Bonchev–Trinajstić information content (AvgIpc) is 2.75. The molecule has 0 amide bonds. The van der Waals surface area contributed by atoms with Crippen LogP contribution in [-0.2, 0) is 0 Å². The van der Waals surface area contributed by atoms with Crippen LogP contribution < -0.4 is 5.32 Å². The normalized spacial score (nSPS) is 22.0. The first-order valence-corrected chi connectivity index (χ1v) is 4.16.